The van der Waals surface area contributed by atoms with Crippen LogP contribution in [-0.2, 0) is 4.79 Å². The Kier molecular flexibility index (Phi) is 84.2. The van der Waals surface area contributed by atoms with Gasteiger partial charge in [0.25, 0.3) is 5.97 Å². The normalized spacial score (nSPS) is 3.12. The summed E-state index contributed by atoms with van der Waals surface area (Å²) in [6.07, 6.45) is 0. The van der Waals surface area contributed by atoms with Crippen LogP contribution in [0, 0.1) is 0 Å². The molecule has 0 aliphatic rings. The minimum atomic E-state index is -0.833. The van der Waals surface area contributed by atoms with Crippen molar-refractivity contribution in [2.45, 2.75) is 6.92 Å². The van der Waals surface area contributed by atoms with Gasteiger partial charge in [0.1, 0.15) is 0 Å². The summed E-state index contributed by atoms with van der Waals surface area (Å²) in [4.78, 5) is 9.00. The van der Waals surface area contributed by atoms with Gasteiger partial charge < -0.3 is 10.8 Å². The van der Waals surface area contributed by atoms with Crippen LogP contribution >= 0.6 is 0 Å². The van der Waals surface area contributed by atoms with Gasteiger partial charge in [0.15, 0.2) is 0 Å². The van der Waals surface area contributed by atoms with Crippen LogP contribution < -0.4 is 118 Å². The second kappa shape index (κ2) is 22.4. The molecular formula is C2H8Na4O2. The van der Waals surface area contributed by atoms with Crippen molar-refractivity contribution < 1.29 is 134 Å². The van der Waals surface area contributed by atoms with Crippen molar-refractivity contribution in [1.82, 2.24) is 0 Å². The van der Waals surface area contributed by atoms with E-state index < -0.39 is 5.97 Å². The zero-order valence-electron chi connectivity index (χ0n) is 10.4. The van der Waals surface area contributed by atoms with Gasteiger partial charge in [0.2, 0.25) is 0 Å². The van der Waals surface area contributed by atoms with Gasteiger partial charge in [-0.25, -0.2) is 0 Å². The summed E-state index contributed by atoms with van der Waals surface area (Å²) in [7, 11) is 0. The zero-order chi connectivity index (χ0) is 3.58. The van der Waals surface area contributed by atoms with E-state index >= 15 is 0 Å². The van der Waals surface area contributed by atoms with E-state index in [0.29, 0.717) is 0 Å². The van der Waals surface area contributed by atoms with Gasteiger partial charge in [-0.05, 0) is 0 Å². The quantitative estimate of drug-likeness (QED) is 0.353. The van der Waals surface area contributed by atoms with Crippen molar-refractivity contribution in [3.63, 3.8) is 0 Å². The Balaban J connectivity index is -0.00000000161. The molecule has 0 rings (SSSR count). The van der Waals surface area contributed by atoms with Crippen LogP contribution in [0.25, 0.3) is 0 Å². The molecule has 2 nitrogen and oxygen atoms in total. The molecule has 0 saturated heterocycles. The predicted molar refractivity (Wildman–Crippen MR) is 17.8 cm³/mol. The van der Waals surface area contributed by atoms with Gasteiger partial charge in [-0.3, -0.25) is 4.79 Å². The summed E-state index contributed by atoms with van der Waals surface area (Å²) < 4.78 is 0. The van der Waals surface area contributed by atoms with Crippen molar-refractivity contribution in [2.75, 3.05) is 0 Å². The minimum Gasteiger partial charge on any atom is -1.00 e. The maximum absolute atomic E-state index is 9.00. The number of hydrogen-bond acceptors (Lipinski definition) is 1. The molecule has 0 aromatic heterocycles. The third-order valence-electron chi connectivity index (χ3n) is 0. The van der Waals surface area contributed by atoms with Gasteiger partial charge >= 0.3 is 118 Å². The van der Waals surface area contributed by atoms with Gasteiger partial charge in [0.05, 0.1) is 0 Å². The molecule has 8 heavy (non-hydrogen) atoms. The second-order valence-electron chi connectivity index (χ2n) is 0.519. The monoisotopic (exact) mass is 156 g/mol. The summed E-state index contributed by atoms with van der Waals surface area (Å²) in [5, 5.41) is 7.42. The van der Waals surface area contributed by atoms with Crippen LogP contribution in [0.4, 0.5) is 0 Å². The number of hydrogen-bond donors (Lipinski definition) is 1. The Hall–Kier alpha value is 3.47. The van der Waals surface area contributed by atoms with Crippen LogP contribution in [0.1, 0.15) is 12.6 Å². The molecule has 0 aromatic rings. The van der Waals surface area contributed by atoms with Crippen molar-refractivity contribution in [3.8, 4) is 0 Å². The summed E-state index contributed by atoms with van der Waals surface area (Å²) >= 11 is 0. The molecule has 32 valence electrons. The number of rotatable bonds is 0. The topological polar surface area (TPSA) is 37.3 Å². The van der Waals surface area contributed by atoms with E-state index in [9.17, 15) is 0 Å². The minimum absolute atomic E-state index is 0. The Morgan fingerprint density at radius 3 is 1.25 bits per heavy atom. The summed E-state index contributed by atoms with van der Waals surface area (Å²) in [5.41, 5.74) is 0. The van der Waals surface area contributed by atoms with E-state index in [2.05, 4.69) is 0 Å². The fourth-order valence-electron chi connectivity index (χ4n) is 0. The molecule has 0 saturated carbocycles. The molecule has 0 aliphatic heterocycles. The van der Waals surface area contributed by atoms with Crippen LogP contribution in [0.5, 0.6) is 0 Å². The van der Waals surface area contributed by atoms with Crippen LogP contribution in [-0.4, -0.2) is 11.1 Å². The maximum Gasteiger partial charge on any atom is 1.00 e. The third kappa shape index (κ3) is 56.4. The number of carboxylic acid groups (broad SMARTS) is 1. The predicted octanol–water partition coefficient (Wildman–Crippen LogP) is -11.4. The molecule has 0 aromatic carbocycles. The average Bonchev–Trinajstić information content (AvgIpc) is 0.811. The Labute approximate surface area is 144 Å². The Morgan fingerprint density at radius 2 is 1.25 bits per heavy atom. The molecule has 6 heteroatoms. The number of aliphatic carboxylic acids is 1. The smallest absolute Gasteiger partial charge is 1.00 e. The molecule has 0 heterocycles. The molecular weight excluding hydrogens is 148 g/mol. The van der Waals surface area contributed by atoms with Crippen LogP contribution in [0.3, 0.4) is 0 Å². The first-order valence-electron chi connectivity index (χ1n) is 0.928. The fraction of sp³-hybridized carbons (Fsp3) is 0.500. The number of carbonyl (C=O) groups is 1. The molecule has 0 fully saturated rings. The molecule has 1 N–H and O–H groups in total. The molecule has 0 atom stereocenters. The van der Waals surface area contributed by atoms with E-state index in [1.165, 1.54) is 0 Å². The van der Waals surface area contributed by atoms with Crippen molar-refractivity contribution in [2.24, 2.45) is 0 Å². The zero-order valence-corrected chi connectivity index (χ0v) is 14.4. The molecule has 0 bridgehead atoms. The summed E-state index contributed by atoms with van der Waals surface area (Å²) in [6.45, 7) is 1.08. The first-order chi connectivity index (χ1) is 1.73. The Bertz CT molecular complexity index is 46.0. The number of carboxylic acids is 1. The van der Waals surface area contributed by atoms with Gasteiger partial charge in [-0.15, -0.1) is 0 Å². The summed E-state index contributed by atoms with van der Waals surface area (Å²) in [6, 6.07) is 0. The van der Waals surface area contributed by atoms with Crippen LogP contribution in [0.2, 0.25) is 0 Å². The van der Waals surface area contributed by atoms with Crippen molar-refractivity contribution in [1.29, 1.82) is 0 Å². The van der Waals surface area contributed by atoms with Crippen molar-refractivity contribution >= 4 is 5.97 Å². The maximum atomic E-state index is 9.00. The Morgan fingerprint density at radius 1 is 1.25 bits per heavy atom. The van der Waals surface area contributed by atoms with E-state index in [1.807, 2.05) is 0 Å². The largest absolute Gasteiger partial charge is 1.00 e. The van der Waals surface area contributed by atoms with E-state index in [-0.39, 0.29) is 124 Å². The molecule has 0 spiro atoms. The molecule has 0 unspecified atom stereocenters. The van der Waals surface area contributed by atoms with Gasteiger partial charge in [-0.2, -0.15) is 0 Å². The fourth-order valence-corrected chi connectivity index (χ4v) is 0. The standard InChI is InChI=1S/C2H4O2.4Na.4H/c1-2(3)4;;;;;;;;/h1H3,(H,3,4);;;;;;;;/q;4*+1;4*-1. The SMILES string of the molecule is CC(=O)O.[H-].[H-].[H-].[H-].[Na+].[Na+].[Na+].[Na+]. The van der Waals surface area contributed by atoms with Crippen molar-refractivity contribution in [3.05, 3.63) is 0 Å². The third-order valence-corrected chi connectivity index (χ3v) is 0. The summed E-state index contributed by atoms with van der Waals surface area (Å²) in [5.74, 6) is -0.833. The first kappa shape index (κ1) is 30.0. The van der Waals surface area contributed by atoms with E-state index in [1.54, 1.807) is 0 Å². The molecule has 0 aliphatic carbocycles. The van der Waals surface area contributed by atoms with E-state index in [0.717, 1.165) is 6.92 Å². The van der Waals surface area contributed by atoms with Gasteiger partial charge in [-0.1, -0.05) is 0 Å². The molecule has 0 amide bonds. The van der Waals surface area contributed by atoms with Crippen LogP contribution in [0.15, 0.2) is 0 Å². The molecule has 0 radical (unpaired) electrons. The average molecular weight is 156 g/mol. The first-order valence-corrected chi connectivity index (χ1v) is 0.928. The van der Waals surface area contributed by atoms with Gasteiger partial charge in [0, 0.05) is 6.92 Å². The van der Waals surface area contributed by atoms with E-state index in [4.69, 9.17) is 9.90 Å². The second-order valence-corrected chi connectivity index (χ2v) is 0.519.